The molecule has 0 saturated heterocycles. The normalized spacial score (nSPS) is 11.0. The first-order valence-corrected chi connectivity index (χ1v) is 9.23. The predicted molar refractivity (Wildman–Crippen MR) is 105 cm³/mol. The highest BCUT2D eigenvalue weighted by Gasteiger charge is 2.17. The van der Waals surface area contributed by atoms with E-state index in [2.05, 4.69) is 15.0 Å². The van der Waals surface area contributed by atoms with Gasteiger partial charge in [0.15, 0.2) is 16.3 Å². The van der Waals surface area contributed by atoms with E-state index in [4.69, 9.17) is 4.42 Å². The number of fused-ring (bicyclic) bond motifs is 1. The number of anilines is 1. The minimum atomic E-state index is -2.97. The summed E-state index contributed by atoms with van der Waals surface area (Å²) < 4.78 is 35.2. The molecule has 0 spiro atoms. The van der Waals surface area contributed by atoms with Crippen LogP contribution in [0.5, 0.6) is 5.75 Å². The highest BCUT2D eigenvalue weighted by molar-refractivity contribution is 7.14. The molecule has 146 valence electrons. The third-order valence-corrected chi connectivity index (χ3v) is 4.72. The molecule has 2 aromatic heterocycles. The van der Waals surface area contributed by atoms with Crippen LogP contribution in [0.2, 0.25) is 0 Å². The summed E-state index contributed by atoms with van der Waals surface area (Å²) in [4.78, 5) is 28.9. The molecule has 4 rings (SSSR count). The molecule has 0 atom stereocenters. The molecule has 0 radical (unpaired) electrons. The van der Waals surface area contributed by atoms with Crippen molar-refractivity contribution in [2.24, 2.45) is 0 Å². The van der Waals surface area contributed by atoms with Gasteiger partial charge in [-0.3, -0.25) is 14.9 Å². The lowest BCUT2D eigenvalue weighted by atomic mass is 10.1. The molecule has 0 aliphatic carbocycles. The lowest BCUT2D eigenvalue weighted by Gasteiger charge is -2.08. The Bertz CT molecular complexity index is 1250. The largest absolute Gasteiger partial charge is 0.451 e. The molecule has 1 amide bonds. The van der Waals surface area contributed by atoms with Crippen molar-refractivity contribution in [2.45, 2.75) is 6.61 Å². The second-order valence-electron chi connectivity index (χ2n) is 5.84. The Kier molecular flexibility index (Phi) is 5.05. The van der Waals surface area contributed by atoms with Gasteiger partial charge in [-0.2, -0.15) is 8.78 Å². The number of hydrogen-bond acceptors (Lipinski definition) is 6. The van der Waals surface area contributed by atoms with Crippen LogP contribution in [0.25, 0.3) is 22.2 Å². The highest BCUT2D eigenvalue weighted by atomic mass is 32.1. The SMILES string of the molecule is O=C(Nc1nc(-c2ccccc2OC(F)F)cs1)c1cc(=O)c2ccccc2o1. The molecular weight excluding hydrogens is 402 g/mol. The number of carbonyl (C=O) groups excluding carboxylic acids is 1. The zero-order chi connectivity index (χ0) is 20.4. The molecule has 6 nitrogen and oxygen atoms in total. The van der Waals surface area contributed by atoms with Crippen molar-refractivity contribution in [3.05, 3.63) is 76.0 Å². The molecule has 0 saturated carbocycles. The van der Waals surface area contributed by atoms with Crippen LogP contribution in [0.3, 0.4) is 0 Å². The number of benzene rings is 2. The van der Waals surface area contributed by atoms with Crippen LogP contribution < -0.4 is 15.5 Å². The summed E-state index contributed by atoms with van der Waals surface area (Å²) in [5, 5.41) is 4.73. The maximum absolute atomic E-state index is 12.6. The Hall–Kier alpha value is -3.59. The van der Waals surface area contributed by atoms with E-state index >= 15 is 0 Å². The molecule has 2 heterocycles. The van der Waals surface area contributed by atoms with Crippen LogP contribution >= 0.6 is 11.3 Å². The second-order valence-corrected chi connectivity index (χ2v) is 6.70. The Morgan fingerprint density at radius 3 is 2.72 bits per heavy atom. The van der Waals surface area contributed by atoms with Crippen LogP contribution in [-0.2, 0) is 0 Å². The number of carbonyl (C=O) groups is 1. The van der Waals surface area contributed by atoms with Crippen molar-refractivity contribution in [1.82, 2.24) is 4.98 Å². The maximum atomic E-state index is 12.6. The fourth-order valence-corrected chi connectivity index (χ4v) is 3.41. The predicted octanol–water partition coefficient (Wildman–Crippen LogP) is 4.77. The van der Waals surface area contributed by atoms with Gasteiger partial charge >= 0.3 is 6.61 Å². The van der Waals surface area contributed by atoms with Gasteiger partial charge in [-0.05, 0) is 24.3 Å². The van der Waals surface area contributed by atoms with Gasteiger partial charge in [0.2, 0.25) is 0 Å². The molecular formula is C20H12F2N2O4S. The Morgan fingerprint density at radius 1 is 1.14 bits per heavy atom. The summed E-state index contributed by atoms with van der Waals surface area (Å²) in [6.07, 6.45) is 0. The van der Waals surface area contributed by atoms with Crippen molar-refractivity contribution >= 4 is 33.3 Å². The number of alkyl halides is 2. The summed E-state index contributed by atoms with van der Waals surface area (Å²) >= 11 is 1.10. The van der Waals surface area contributed by atoms with Crippen LogP contribution in [0, 0.1) is 0 Å². The minimum absolute atomic E-state index is 0.0220. The maximum Gasteiger partial charge on any atom is 0.387 e. The number of para-hydroxylation sites is 2. The van der Waals surface area contributed by atoms with Crippen LogP contribution in [-0.4, -0.2) is 17.5 Å². The first kappa shape index (κ1) is 18.8. The number of halogens is 2. The summed E-state index contributed by atoms with van der Waals surface area (Å²) in [7, 11) is 0. The van der Waals surface area contributed by atoms with Gasteiger partial charge in [0.25, 0.3) is 5.91 Å². The molecule has 2 aromatic carbocycles. The molecule has 4 aromatic rings. The van der Waals surface area contributed by atoms with E-state index in [0.29, 0.717) is 22.2 Å². The summed E-state index contributed by atoms with van der Waals surface area (Å²) in [6, 6.07) is 13.9. The number of hydrogen-bond donors (Lipinski definition) is 1. The molecule has 9 heteroatoms. The van der Waals surface area contributed by atoms with Gasteiger partial charge in [0.05, 0.1) is 11.1 Å². The van der Waals surface area contributed by atoms with E-state index in [1.165, 1.54) is 6.07 Å². The standard InChI is InChI=1S/C20H12F2N2O4S/c21-19(22)28-15-7-3-1-5-11(15)13-10-29-20(23-13)24-18(26)17-9-14(25)12-6-2-4-8-16(12)27-17/h1-10,19H,(H,23,24,26). The Balaban J connectivity index is 1.59. The highest BCUT2D eigenvalue weighted by Crippen LogP contribution is 2.33. The number of rotatable bonds is 5. The van der Waals surface area contributed by atoms with E-state index in [-0.39, 0.29) is 22.1 Å². The summed E-state index contributed by atoms with van der Waals surface area (Å²) in [5.41, 5.74) is 0.682. The van der Waals surface area contributed by atoms with Crippen molar-refractivity contribution in [3.63, 3.8) is 0 Å². The molecule has 1 N–H and O–H groups in total. The fraction of sp³-hybridized carbons (Fsp3) is 0.0500. The van der Waals surface area contributed by atoms with E-state index in [0.717, 1.165) is 17.4 Å². The fourth-order valence-electron chi connectivity index (χ4n) is 2.71. The zero-order valence-corrected chi connectivity index (χ0v) is 15.4. The summed E-state index contributed by atoms with van der Waals surface area (Å²) in [5.74, 6) is -0.830. The third-order valence-electron chi connectivity index (χ3n) is 3.96. The van der Waals surface area contributed by atoms with E-state index < -0.39 is 12.5 Å². The topological polar surface area (TPSA) is 81.4 Å². The molecule has 0 unspecified atom stereocenters. The van der Waals surface area contributed by atoms with E-state index in [9.17, 15) is 18.4 Å². The van der Waals surface area contributed by atoms with Gasteiger partial charge < -0.3 is 9.15 Å². The van der Waals surface area contributed by atoms with Crippen molar-refractivity contribution in [1.29, 1.82) is 0 Å². The second kappa shape index (κ2) is 7.80. The number of nitrogens with zero attached hydrogens (tertiary/aromatic N) is 1. The smallest absolute Gasteiger partial charge is 0.387 e. The number of nitrogens with one attached hydrogen (secondary N) is 1. The molecule has 0 fully saturated rings. The first-order valence-electron chi connectivity index (χ1n) is 8.35. The number of ether oxygens (including phenoxy) is 1. The number of aromatic nitrogens is 1. The van der Waals surface area contributed by atoms with E-state index in [1.807, 2.05) is 0 Å². The lowest BCUT2D eigenvalue weighted by molar-refractivity contribution is -0.0494. The first-order chi connectivity index (χ1) is 14.0. The molecule has 0 aliphatic rings. The van der Waals surface area contributed by atoms with Gasteiger partial charge in [0.1, 0.15) is 11.3 Å². The van der Waals surface area contributed by atoms with Gasteiger partial charge in [-0.25, -0.2) is 4.98 Å². The quantitative estimate of drug-likeness (QED) is 0.509. The van der Waals surface area contributed by atoms with Crippen LogP contribution in [0.4, 0.5) is 13.9 Å². The van der Waals surface area contributed by atoms with Crippen LogP contribution in [0.15, 0.2) is 69.2 Å². The average molecular weight is 414 g/mol. The average Bonchev–Trinajstić information content (AvgIpc) is 3.16. The van der Waals surface area contributed by atoms with Crippen molar-refractivity contribution in [2.75, 3.05) is 5.32 Å². The third kappa shape index (κ3) is 3.99. The molecule has 29 heavy (non-hydrogen) atoms. The molecule has 0 bridgehead atoms. The Morgan fingerprint density at radius 2 is 1.90 bits per heavy atom. The number of amides is 1. The van der Waals surface area contributed by atoms with Crippen molar-refractivity contribution in [3.8, 4) is 17.0 Å². The minimum Gasteiger partial charge on any atom is -0.451 e. The van der Waals surface area contributed by atoms with Crippen LogP contribution in [0.1, 0.15) is 10.6 Å². The van der Waals surface area contributed by atoms with Gasteiger partial charge in [-0.15, -0.1) is 11.3 Å². The van der Waals surface area contributed by atoms with Gasteiger partial charge in [0, 0.05) is 17.0 Å². The molecule has 0 aliphatic heterocycles. The number of thiazole rings is 1. The van der Waals surface area contributed by atoms with Gasteiger partial charge in [-0.1, -0.05) is 24.3 Å². The lowest BCUT2D eigenvalue weighted by Crippen LogP contribution is -2.14. The monoisotopic (exact) mass is 414 g/mol. The van der Waals surface area contributed by atoms with E-state index in [1.54, 1.807) is 47.8 Å². The Labute approximate surface area is 166 Å². The van der Waals surface area contributed by atoms with Crippen molar-refractivity contribution < 1.29 is 22.7 Å². The summed E-state index contributed by atoms with van der Waals surface area (Å²) in [6.45, 7) is -2.97. The zero-order valence-electron chi connectivity index (χ0n) is 14.6.